The Labute approximate surface area is 112 Å². The van der Waals surface area contributed by atoms with Crippen LogP contribution < -0.4 is 0 Å². The van der Waals surface area contributed by atoms with Crippen LogP contribution in [0, 0.1) is 13.8 Å². The van der Waals surface area contributed by atoms with E-state index in [0.29, 0.717) is 5.69 Å². The van der Waals surface area contributed by atoms with Gasteiger partial charge in [-0.2, -0.15) is 5.11 Å². The standard InChI is InChI=1S/C15H16N2O2/c1-10-7-13(19)8-11(2)15(10)17-16-14-6-4-3-5-12(14)9-18/h3-8,18-19H,9H2,1-2H3. The lowest BCUT2D eigenvalue weighted by Crippen LogP contribution is -1.83. The van der Waals surface area contributed by atoms with E-state index in [2.05, 4.69) is 10.2 Å². The van der Waals surface area contributed by atoms with Crippen molar-refractivity contribution in [3.8, 4) is 5.75 Å². The fraction of sp³-hybridized carbons (Fsp3) is 0.200. The van der Waals surface area contributed by atoms with Gasteiger partial charge in [-0.25, -0.2) is 0 Å². The zero-order valence-corrected chi connectivity index (χ0v) is 11.0. The number of phenols is 1. The van der Waals surface area contributed by atoms with Crippen LogP contribution in [0.5, 0.6) is 5.75 Å². The van der Waals surface area contributed by atoms with Gasteiger partial charge in [-0.15, -0.1) is 5.11 Å². The zero-order valence-electron chi connectivity index (χ0n) is 11.0. The maximum atomic E-state index is 9.48. The van der Waals surface area contributed by atoms with Gasteiger partial charge in [-0.05, 0) is 43.2 Å². The number of azo groups is 1. The first-order valence-electron chi connectivity index (χ1n) is 6.02. The summed E-state index contributed by atoms with van der Waals surface area (Å²) in [5, 5.41) is 27.1. The van der Waals surface area contributed by atoms with Gasteiger partial charge < -0.3 is 10.2 Å². The predicted octanol–water partition coefficient (Wildman–Crippen LogP) is 3.92. The van der Waals surface area contributed by atoms with Gasteiger partial charge in [-0.3, -0.25) is 0 Å². The summed E-state index contributed by atoms with van der Waals surface area (Å²) in [6, 6.07) is 10.6. The molecule has 0 atom stereocenters. The number of benzene rings is 2. The molecule has 0 aromatic heterocycles. The molecule has 0 saturated carbocycles. The molecule has 98 valence electrons. The molecule has 0 unspecified atom stereocenters. The summed E-state index contributed by atoms with van der Waals surface area (Å²) in [6.45, 7) is 3.68. The van der Waals surface area contributed by atoms with Crippen LogP contribution in [0.25, 0.3) is 0 Å². The summed E-state index contributed by atoms with van der Waals surface area (Å²) in [7, 11) is 0. The van der Waals surface area contributed by atoms with E-state index in [1.54, 1.807) is 18.2 Å². The van der Waals surface area contributed by atoms with Crippen LogP contribution in [-0.2, 0) is 6.61 Å². The van der Waals surface area contributed by atoms with E-state index < -0.39 is 0 Å². The number of phenolic OH excluding ortho intramolecular Hbond substituents is 1. The Morgan fingerprint density at radius 3 is 2.26 bits per heavy atom. The Kier molecular flexibility index (Phi) is 3.92. The highest BCUT2D eigenvalue weighted by Gasteiger charge is 2.04. The highest BCUT2D eigenvalue weighted by atomic mass is 16.3. The van der Waals surface area contributed by atoms with Crippen molar-refractivity contribution < 1.29 is 10.2 Å². The topological polar surface area (TPSA) is 65.2 Å². The van der Waals surface area contributed by atoms with Gasteiger partial charge in [-0.1, -0.05) is 18.2 Å². The molecule has 2 aromatic carbocycles. The number of aryl methyl sites for hydroxylation is 2. The summed E-state index contributed by atoms with van der Waals surface area (Å²) in [5.74, 6) is 0.227. The molecule has 0 fully saturated rings. The third-order valence-electron chi connectivity index (χ3n) is 2.90. The van der Waals surface area contributed by atoms with Crippen molar-refractivity contribution in [2.24, 2.45) is 10.2 Å². The molecule has 0 aliphatic heterocycles. The summed E-state index contributed by atoms with van der Waals surface area (Å²) < 4.78 is 0. The molecule has 2 aromatic rings. The molecule has 0 aliphatic carbocycles. The van der Waals surface area contributed by atoms with Crippen LogP contribution in [0.4, 0.5) is 11.4 Å². The fourth-order valence-corrected chi connectivity index (χ4v) is 1.94. The van der Waals surface area contributed by atoms with E-state index in [4.69, 9.17) is 0 Å². The van der Waals surface area contributed by atoms with Gasteiger partial charge in [0, 0.05) is 5.56 Å². The summed E-state index contributed by atoms with van der Waals surface area (Å²) in [5.41, 5.74) is 3.85. The third kappa shape index (κ3) is 2.98. The Hall–Kier alpha value is -2.20. The average molecular weight is 256 g/mol. The minimum atomic E-state index is -0.0667. The molecular weight excluding hydrogens is 240 g/mol. The van der Waals surface area contributed by atoms with Crippen molar-refractivity contribution in [1.82, 2.24) is 0 Å². The molecule has 0 saturated heterocycles. The average Bonchev–Trinajstić information content (AvgIpc) is 2.38. The second-order valence-corrected chi connectivity index (χ2v) is 4.41. The van der Waals surface area contributed by atoms with Gasteiger partial charge >= 0.3 is 0 Å². The molecule has 4 nitrogen and oxygen atoms in total. The van der Waals surface area contributed by atoms with Crippen LogP contribution in [-0.4, -0.2) is 10.2 Å². The number of rotatable bonds is 3. The van der Waals surface area contributed by atoms with Crippen LogP contribution in [0.15, 0.2) is 46.6 Å². The van der Waals surface area contributed by atoms with Gasteiger partial charge in [0.1, 0.15) is 5.75 Å². The lowest BCUT2D eigenvalue weighted by Gasteiger charge is -2.05. The van der Waals surface area contributed by atoms with Crippen LogP contribution in [0.3, 0.4) is 0 Å². The van der Waals surface area contributed by atoms with Gasteiger partial charge in [0.2, 0.25) is 0 Å². The van der Waals surface area contributed by atoms with Crippen molar-refractivity contribution in [3.05, 3.63) is 53.1 Å². The normalized spacial score (nSPS) is 11.1. The Balaban J connectivity index is 2.38. The van der Waals surface area contributed by atoms with Crippen LogP contribution in [0.2, 0.25) is 0 Å². The lowest BCUT2D eigenvalue weighted by atomic mass is 10.1. The van der Waals surface area contributed by atoms with Crippen molar-refractivity contribution in [2.45, 2.75) is 20.5 Å². The van der Waals surface area contributed by atoms with E-state index in [1.807, 2.05) is 32.0 Å². The van der Waals surface area contributed by atoms with Crippen molar-refractivity contribution >= 4 is 11.4 Å². The minimum Gasteiger partial charge on any atom is -0.508 e. The molecule has 0 radical (unpaired) electrons. The van der Waals surface area contributed by atoms with Gasteiger partial charge in [0.25, 0.3) is 0 Å². The Morgan fingerprint density at radius 2 is 1.63 bits per heavy atom. The second-order valence-electron chi connectivity index (χ2n) is 4.41. The number of hydrogen-bond acceptors (Lipinski definition) is 4. The molecule has 0 bridgehead atoms. The van der Waals surface area contributed by atoms with E-state index in [0.717, 1.165) is 22.4 Å². The lowest BCUT2D eigenvalue weighted by molar-refractivity contribution is 0.282. The maximum absolute atomic E-state index is 9.48. The van der Waals surface area contributed by atoms with Crippen LogP contribution in [0.1, 0.15) is 16.7 Å². The third-order valence-corrected chi connectivity index (χ3v) is 2.90. The molecule has 2 rings (SSSR count). The van der Waals surface area contributed by atoms with E-state index in [9.17, 15) is 10.2 Å². The summed E-state index contributed by atoms with van der Waals surface area (Å²) in [4.78, 5) is 0. The summed E-state index contributed by atoms with van der Waals surface area (Å²) >= 11 is 0. The number of aromatic hydroxyl groups is 1. The molecule has 0 heterocycles. The molecule has 4 heteroatoms. The number of nitrogens with zero attached hydrogens (tertiary/aromatic N) is 2. The molecule has 0 amide bonds. The van der Waals surface area contributed by atoms with Crippen molar-refractivity contribution in [2.75, 3.05) is 0 Å². The number of aliphatic hydroxyl groups is 1. The second kappa shape index (κ2) is 5.63. The monoisotopic (exact) mass is 256 g/mol. The highest BCUT2D eigenvalue weighted by Crippen LogP contribution is 2.30. The minimum absolute atomic E-state index is 0.0667. The first-order chi connectivity index (χ1) is 9.11. The maximum Gasteiger partial charge on any atom is 0.116 e. The smallest absolute Gasteiger partial charge is 0.116 e. The van der Waals surface area contributed by atoms with Crippen molar-refractivity contribution in [3.63, 3.8) is 0 Å². The van der Waals surface area contributed by atoms with Crippen LogP contribution >= 0.6 is 0 Å². The SMILES string of the molecule is Cc1cc(O)cc(C)c1N=Nc1ccccc1CO. The number of aliphatic hydroxyl groups excluding tert-OH is 1. The quantitative estimate of drug-likeness (QED) is 0.817. The predicted molar refractivity (Wildman–Crippen MR) is 74.1 cm³/mol. The first-order valence-corrected chi connectivity index (χ1v) is 6.02. The van der Waals surface area contributed by atoms with Gasteiger partial charge in [0.15, 0.2) is 0 Å². The first kappa shape index (κ1) is 13.2. The largest absolute Gasteiger partial charge is 0.508 e. The Morgan fingerprint density at radius 1 is 1.00 bits per heavy atom. The highest BCUT2D eigenvalue weighted by molar-refractivity contribution is 5.55. The molecule has 2 N–H and O–H groups in total. The molecule has 0 spiro atoms. The molecular formula is C15H16N2O2. The zero-order chi connectivity index (χ0) is 13.8. The molecule has 0 aliphatic rings. The number of hydrogen-bond donors (Lipinski definition) is 2. The Bertz CT molecular complexity index is 598. The van der Waals surface area contributed by atoms with E-state index in [-0.39, 0.29) is 12.4 Å². The van der Waals surface area contributed by atoms with E-state index >= 15 is 0 Å². The van der Waals surface area contributed by atoms with Gasteiger partial charge in [0.05, 0.1) is 18.0 Å². The van der Waals surface area contributed by atoms with E-state index in [1.165, 1.54) is 0 Å². The van der Waals surface area contributed by atoms with Crippen molar-refractivity contribution in [1.29, 1.82) is 0 Å². The molecule has 19 heavy (non-hydrogen) atoms. The summed E-state index contributed by atoms with van der Waals surface area (Å²) in [6.07, 6.45) is 0. The fourth-order valence-electron chi connectivity index (χ4n) is 1.94.